The van der Waals surface area contributed by atoms with Crippen LogP contribution in [0.2, 0.25) is 0 Å². The van der Waals surface area contributed by atoms with Gasteiger partial charge in [0.05, 0.1) is 5.60 Å². The van der Waals surface area contributed by atoms with Crippen molar-refractivity contribution in [3.8, 4) is 0 Å². The summed E-state index contributed by atoms with van der Waals surface area (Å²) in [6, 6.07) is 0. The van der Waals surface area contributed by atoms with Crippen LogP contribution < -0.4 is 0 Å². The molecule has 1 spiro atoms. The molecule has 0 amide bonds. The molecular formula is C12H20O. The monoisotopic (exact) mass is 180 g/mol. The Kier molecular flexibility index (Phi) is 2.03. The van der Waals surface area contributed by atoms with Crippen molar-refractivity contribution in [1.29, 1.82) is 0 Å². The summed E-state index contributed by atoms with van der Waals surface area (Å²) in [4.78, 5) is 0. The maximum Gasteiger partial charge on any atom is 0.0907 e. The molecule has 1 atom stereocenters. The van der Waals surface area contributed by atoms with E-state index in [1.165, 1.54) is 38.5 Å². The third-order valence-electron chi connectivity index (χ3n) is 4.34. The number of aliphatic hydroxyl groups is 1. The molecule has 1 N–H and O–H groups in total. The van der Waals surface area contributed by atoms with Crippen molar-refractivity contribution in [3.63, 3.8) is 0 Å². The number of hydrogen-bond donors (Lipinski definition) is 1. The first-order valence-corrected chi connectivity index (χ1v) is 5.49. The van der Waals surface area contributed by atoms with Gasteiger partial charge in [-0.15, -0.1) is 0 Å². The zero-order valence-corrected chi connectivity index (χ0v) is 8.60. The van der Waals surface area contributed by atoms with Gasteiger partial charge in [-0.3, -0.25) is 0 Å². The van der Waals surface area contributed by atoms with Gasteiger partial charge in [0.1, 0.15) is 0 Å². The summed E-state index contributed by atoms with van der Waals surface area (Å²) in [7, 11) is 0. The lowest BCUT2D eigenvalue weighted by molar-refractivity contribution is -0.0256. The Balaban J connectivity index is 2.31. The average molecular weight is 180 g/mol. The molecule has 2 aliphatic rings. The molecule has 1 nitrogen and oxygen atoms in total. The Hall–Kier alpha value is -0.300. The second-order valence-electron chi connectivity index (χ2n) is 4.98. The van der Waals surface area contributed by atoms with Crippen LogP contribution in [0.25, 0.3) is 0 Å². The molecule has 0 bridgehead atoms. The molecular weight excluding hydrogens is 160 g/mol. The molecule has 74 valence electrons. The van der Waals surface area contributed by atoms with Gasteiger partial charge in [-0.05, 0) is 44.6 Å². The van der Waals surface area contributed by atoms with Crippen LogP contribution in [0.5, 0.6) is 0 Å². The van der Waals surface area contributed by atoms with E-state index < -0.39 is 5.60 Å². The zero-order valence-electron chi connectivity index (χ0n) is 8.60. The maximum absolute atomic E-state index is 10.6. The fourth-order valence-corrected chi connectivity index (χ4v) is 3.54. The van der Waals surface area contributed by atoms with Gasteiger partial charge in [0, 0.05) is 5.41 Å². The van der Waals surface area contributed by atoms with E-state index in [-0.39, 0.29) is 5.41 Å². The van der Waals surface area contributed by atoms with E-state index in [2.05, 4.69) is 6.58 Å². The summed E-state index contributed by atoms with van der Waals surface area (Å²) in [6.07, 6.45) is 8.39. The average Bonchev–Trinajstić information content (AvgIpc) is 2.64. The van der Waals surface area contributed by atoms with Gasteiger partial charge >= 0.3 is 0 Å². The SMILES string of the molecule is C=C(C)C1(O)CCCC12CCCC2. The fourth-order valence-electron chi connectivity index (χ4n) is 3.54. The van der Waals surface area contributed by atoms with E-state index >= 15 is 0 Å². The molecule has 2 fully saturated rings. The molecule has 2 saturated carbocycles. The van der Waals surface area contributed by atoms with Crippen LogP contribution in [0.4, 0.5) is 0 Å². The Morgan fingerprint density at radius 2 is 1.62 bits per heavy atom. The zero-order chi connectivity index (χ0) is 9.53. The van der Waals surface area contributed by atoms with Crippen molar-refractivity contribution < 1.29 is 5.11 Å². The molecule has 0 aliphatic heterocycles. The molecule has 0 radical (unpaired) electrons. The summed E-state index contributed by atoms with van der Waals surface area (Å²) < 4.78 is 0. The van der Waals surface area contributed by atoms with Gasteiger partial charge in [-0.1, -0.05) is 19.4 Å². The first-order valence-electron chi connectivity index (χ1n) is 5.49. The molecule has 13 heavy (non-hydrogen) atoms. The quantitative estimate of drug-likeness (QED) is 0.615. The van der Waals surface area contributed by atoms with E-state index in [0.29, 0.717) is 0 Å². The van der Waals surface area contributed by atoms with Gasteiger partial charge in [0.15, 0.2) is 0 Å². The molecule has 0 aromatic carbocycles. The van der Waals surface area contributed by atoms with Crippen LogP contribution in [-0.2, 0) is 0 Å². The number of rotatable bonds is 1. The highest BCUT2D eigenvalue weighted by molar-refractivity contribution is 5.21. The third kappa shape index (κ3) is 1.10. The van der Waals surface area contributed by atoms with Crippen LogP contribution in [0.3, 0.4) is 0 Å². The molecule has 0 heterocycles. The van der Waals surface area contributed by atoms with Crippen molar-refractivity contribution >= 4 is 0 Å². The van der Waals surface area contributed by atoms with E-state index in [9.17, 15) is 5.11 Å². The Bertz CT molecular complexity index is 220. The van der Waals surface area contributed by atoms with Gasteiger partial charge in [-0.25, -0.2) is 0 Å². The van der Waals surface area contributed by atoms with Crippen LogP contribution in [-0.4, -0.2) is 10.7 Å². The Morgan fingerprint density at radius 1 is 1.08 bits per heavy atom. The summed E-state index contributed by atoms with van der Waals surface area (Å²) in [5.41, 5.74) is 0.689. The van der Waals surface area contributed by atoms with Crippen LogP contribution in [0.1, 0.15) is 51.9 Å². The summed E-state index contributed by atoms with van der Waals surface area (Å²) >= 11 is 0. The lowest BCUT2D eigenvalue weighted by atomic mass is 9.70. The second-order valence-corrected chi connectivity index (χ2v) is 4.98. The standard InChI is InChI=1S/C12H20O/c1-10(2)12(13)9-5-8-11(12)6-3-4-7-11/h13H,1,3-9H2,2H3. The molecule has 0 aromatic heterocycles. The van der Waals surface area contributed by atoms with Gasteiger partial charge in [0.2, 0.25) is 0 Å². The highest BCUT2D eigenvalue weighted by Crippen LogP contribution is 2.58. The minimum absolute atomic E-state index is 0.221. The molecule has 1 unspecified atom stereocenters. The highest BCUT2D eigenvalue weighted by atomic mass is 16.3. The Labute approximate surface area is 80.8 Å². The first kappa shape index (κ1) is 9.26. The van der Waals surface area contributed by atoms with E-state index in [4.69, 9.17) is 0 Å². The van der Waals surface area contributed by atoms with Gasteiger partial charge in [-0.2, -0.15) is 0 Å². The van der Waals surface area contributed by atoms with Crippen molar-refractivity contribution in [2.75, 3.05) is 0 Å². The largest absolute Gasteiger partial charge is 0.385 e. The van der Waals surface area contributed by atoms with E-state index in [0.717, 1.165) is 12.0 Å². The first-order chi connectivity index (χ1) is 6.11. The van der Waals surface area contributed by atoms with Crippen molar-refractivity contribution in [2.24, 2.45) is 5.41 Å². The molecule has 0 saturated heterocycles. The molecule has 0 aromatic rings. The third-order valence-corrected chi connectivity index (χ3v) is 4.34. The lowest BCUT2D eigenvalue weighted by Crippen LogP contribution is -2.42. The van der Waals surface area contributed by atoms with Crippen molar-refractivity contribution in [1.82, 2.24) is 0 Å². The smallest absolute Gasteiger partial charge is 0.0907 e. The minimum Gasteiger partial charge on any atom is -0.385 e. The molecule has 1 heteroatoms. The summed E-state index contributed by atoms with van der Waals surface area (Å²) in [5, 5.41) is 10.6. The molecule has 2 rings (SSSR count). The second kappa shape index (κ2) is 2.84. The van der Waals surface area contributed by atoms with E-state index in [1.807, 2.05) is 6.92 Å². The summed E-state index contributed by atoms with van der Waals surface area (Å²) in [6.45, 7) is 5.97. The van der Waals surface area contributed by atoms with Crippen LogP contribution in [0.15, 0.2) is 12.2 Å². The highest BCUT2D eigenvalue weighted by Gasteiger charge is 2.54. The normalized spacial score (nSPS) is 37.1. The minimum atomic E-state index is -0.524. The van der Waals surface area contributed by atoms with Gasteiger partial charge < -0.3 is 5.11 Å². The van der Waals surface area contributed by atoms with Crippen molar-refractivity contribution in [2.45, 2.75) is 57.5 Å². The predicted molar refractivity (Wildman–Crippen MR) is 54.5 cm³/mol. The Morgan fingerprint density at radius 3 is 2.15 bits per heavy atom. The van der Waals surface area contributed by atoms with Crippen LogP contribution in [0, 0.1) is 5.41 Å². The fraction of sp³-hybridized carbons (Fsp3) is 0.833. The lowest BCUT2D eigenvalue weighted by Gasteiger charge is -2.40. The summed E-state index contributed by atoms with van der Waals surface area (Å²) in [5.74, 6) is 0. The van der Waals surface area contributed by atoms with Crippen LogP contribution >= 0.6 is 0 Å². The molecule has 2 aliphatic carbocycles. The predicted octanol–water partition coefficient (Wildman–Crippen LogP) is 3.04. The topological polar surface area (TPSA) is 20.2 Å². The van der Waals surface area contributed by atoms with Gasteiger partial charge in [0.25, 0.3) is 0 Å². The maximum atomic E-state index is 10.6. The van der Waals surface area contributed by atoms with E-state index in [1.54, 1.807) is 0 Å². The number of hydrogen-bond acceptors (Lipinski definition) is 1. The van der Waals surface area contributed by atoms with Crippen molar-refractivity contribution in [3.05, 3.63) is 12.2 Å².